The Kier molecular flexibility index (Phi) is 5.10. The summed E-state index contributed by atoms with van der Waals surface area (Å²) in [4.78, 5) is 11.5. The van der Waals surface area contributed by atoms with Crippen molar-refractivity contribution >= 4 is 23.4 Å². The highest BCUT2D eigenvalue weighted by molar-refractivity contribution is 7.99. The first-order valence-electron chi connectivity index (χ1n) is 6.23. The predicted octanol–water partition coefficient (Wildman–Crippen LogP) is 2.97. The summed E-state index contributed by atoms with van der Waals surface area (Å²) in [6.45, 7) is 2.74. The molecule has 2 aromatic rings. The summed E-state index contributed by atoms with van der Waals surface area (Å²) in [6.07, 6.45) is 1.77. The maximum absolute atomic E-state index is 11.5. The van der Waals surface area contributed by atoms with Crippen molar-refractivity contribution < 1.29 is 0 Å². The van der Waals surface area contributed by atoms with E-state index in [1.807, 2.05) is 31.2 Å². The summed E-state index contributed by atoms with van der Waals surface area (Å²) in [6, 6.07) is 7.81. The van der Waals surface area contributed by atoms with Gasteiger partial charge in [-0.1, -0.05) is 48.5 Å². The molecule has 6 heteroatoms. The molecule has 1 N–H and O–H groups in total. The standard InChI is InChI=1S/C13H16ClN3OS/c1-2-8-17-12(18)15-16-13(17)19-9-7-10-5-3-4-6-11(10)14/h3-6H,2,7-9H2,1H3,(H,15,18). The number of nitrogens with zero attached hydrogens (tertiary/aromatic N) is 2. The summed E-state index contributed by atoms with van der Waals surface area (Å²) in [5.41, 5.74) is 0.985. The van der Waals surface area contributed by atoms with Gasteiger partial charge in [0.25, 0.3) is 0 Å². The quantitative estimate of drug-likeness (QED) is 0.834. The predicted molar refractivity (Wildman–Crippen MR) is 79.0 cm³/mol. The van der Waals surface area contributed by atoms with Crippen molar-refractivity contribution in [3.8, 4) is 0 Å². The van der Waals surface area contributed by atoms with Crippen molar-refractivity contribution in [2.45, 2.75) is 31.5 Å². The van der Waals surface area contributed by atoms with Crippen molar-refractivity contribution in [3.05, 3.63) is 45.3 Å². The lowest BCUT2D eigenvalue weighted by Gasteiger charge is -2.05. The molecule has 2 rings (SSSR count). The Balaban J connectivity index is 1.96. The molecule has 1 heterocycles. The van der Waals surface area contributed by atoms with Crippen LogP contribution in [0.4, 0.5) is 0 Å². The third kappa shape index (κ3) is 3.64. The number of H-pyrrole nitrogens is 1. The first-order chi connectivity index (χ1) is 9.22. The van der Waals surface area contributed by atoms with Crippen LogP contribution >= 0.6 is 23.4 Å². The molecule has 0 atom stereocenters. The lowest BCUT2D eigenvalue weighted by atomic mass is 10.2. The van der Waals surface area contributed by atoms with Crippen LogP contribution in [0.5, 0.6) is 0 Å². The zero-order chi connectivity index (χ0) is 13.7. The molecule has 0 amide bonds. The number of thioether (sulfide) groups is 1. The molecule has 1 aromatic heterocycles. The molecule has 0 spiro atoms. The van der Waals surface area contributed by atoms with Crippen LogP contribution in [0, 0.1) is 0 Å². The molecule has 0 radical (unpaired) electrons. The zero-order valence-corrected chi connectivity index (χ0v) is 12.3. The van der Waals surface area contributed by atoms with Gasteiger partial charge in [-0.2, -0.15) is 0 Å². The Morgan fingerprint density at radius 2 is 2.21 bits per heavy atom. The summed E-state index contributed by atoms with van der Waals surface area (Å²) < 4.78 is 1.68. The molecule has 19 heavy (non-hydrogen) atoms. The minimum absolute atomic E-state index is 0.137. The van der Waals surface area contributed by atoms with Crippen LogP contribution in [0.25, 0.3) is 0 Å². The summed E-state index contributed by atoms with van der Waals surface area (Å²) in [7, 11) is 0. The van der Waals surface area contributed by atoms with Crippen LogP contribution in [-0.4, -0.2) is 20.5 Å². The third-order valence-electron chi connectivity index (χ3n) is 2.73. The van der Waals surface area contributed by atoms with Gasteiger partial charge in [-0.25, -0.2) is 9.89 Å². The fourth-order valence-corrected chi connectivity index (χ4v) is 2.96. The molecule has 0 saturated heterocycles. The van der Waals surface area contributed by atoms with Gasteiger partial charge in [0.2, 0.25) is 0 Å². The number of rotatable bonds is 6. The number of halogens is 1. The van der Waals surface area contributed by atoms with E-state index < -0.39 is 0 Å². The Bertz CT molecular complexity index is 594. The molecular formula is C13H16ClN3OS. The molecule has 0 aliphatic carbocycles. The molecule has 4 nitrogen and oxygen atoms in total. The molecule has 0 aliphatic heterocycles. The molecular weight excluding hydrogens is 282 g/mol. The normalized spacial score (nSPS) is 10.8. The largest absolute Gasteiger partial charge is 0.343 e. The maximum atomic E-state index is 11.5. The summed E-state index contributed by atoms with van der Waals surface area (Å²) >= 11 is 7.68. The monoisotopic (exact) mass is 297 g/mol. The van der Waals surface area contributed by atoms with Crippen LogP contribution in [0.3, 0.4) is 0 Å². The van der Waals surface area contributed by atoms with Crippen molar-refractivity contribution in [1.82, 2.24) is 14.8 Å². The van der Waals surface area contributed by atoms with Gasteiger partial charge < -0.3 is 0 Å². The average Bonchev–Trinajstić information content (AvgIpc) is 2.74. The van der Waals surface area contributed by atoms with Crippen molar-refractivity contribution in [2.24, 2.45) is 0 Å². The Morgan fingerprint density at radius 1 is 1.42 bits per heavy atom. The molecule has 1 aromatic carbocycles. The maximum Gasteiger partial charge on any atom is 0.343 e. The van der Waals surface area contributed by atoms with E-state index in [1.54, 1.807) is 16.3 Å². The van der Waals surface area contributed by atoms with Crippen molar-refractivity contribution in [3.63, 3.8) is 0 Å². The SMILES string of the molecule is CCCn1c(SCCc2ccccc2Cl)n[nH]c1=O. The van der Waals surface area contributed by atoms with Crippen LogP contribution < -0.4 is 5.69 Å². The summed E-state index contributed by atoms with van der Waals surface area (Å²) in [5.74, 6) is 0.845. The second-order valence-corrected chi connectivity index (χ2v) is 5.62. The lowest BCUT2D eigenvalue weighted by Crippen LogP contribution is -2.17. The van der Waals surface area contributed by atoms with E-state index in [4.69, 9.17) is 11.6 Å². The van der Waals surface area contributed by atoms with Crippen LogP contribution in [0.1, 0.15) is 18.9 Å². The molecule has 0 bridgehead atoms. The molecule has 0 aliphatic rings. The van der Waals surface area contributed by atoms with Crippen molar-refractivity contribution in [2.75, 3.05) is 5.75 Å². The van der Waals surface area contributed by atoms with Gasteiger partial charge in [0.15, 0.2) is 5.16 Å². The van der Waals surface area contributed by atoms with E-state index in [-0.39, 0.29) is 5.69 Å². The van der Waals surface area contributed by atoms with Crippen LogP contribution in [-0.2, 0) is 13.0 Å². The Labute approximate surface area is 121 Å². The van der Waals surface area contributed by atoms with E-state index in [1.165, 1.54) is 0 Å². The van der Waals surface area contributed by atoms with Gasteiger partial charge in [-0.05, 0) is 24.5 Å². The van der Waals surface area contributed by atoms with E-state index in [0.29, 0.717) is 6.54 Å². The first-order valence-corrected chi connectivity index (χ1v) is 7.60. The number of aromatic amines is 1. The number of hydrogen-bond donors (Lipinski definition) is 1. The van der Waals surface area contributed by atoms with E-state index >= 15 is 0 Å². The average molecular weight is 298 g/mol. The van der Waals surface area contributed by atoms with Gasteiger partial charge >= 0.3 is 5.69 Å². The minimum atomic E-state index is -0.137. The number of aromatic nitrogens is 3. The smallest absolute Gasteiger partial charge is 0.270 e. The second kappa shape index (κ2) is 6.82. The number of benzene rings is 1. The first kappa shape index (κ1) is 14.2. The highest BCUT2D eigenvalue weighted by atomic mass is 35.5. The van der Waals surface area contributed by atoms with Crippen LogP contribution in [0.2, 0.25) is 5.02 Å². The Morgan fingerprint density at radius 3 is 2.95 bits per heavy atom. The second-order valence-electron chi connectivity index (χ2n) is 4.15. The van der Waals surface area contributed by atoms with E-state index in [2.05, 4.69) is 10.2 Å². The third-order valence-corrected chi connectivity index (χ3v) is 4.08. The van der Waals surface area contributed by atoms with Gasteiger partial charge in [0.1, 0.15) is 0 Å². The summed E-state index contributed by atoms with van der Waals surface area (Å²) in [5, 5.41) is 8.07. The fourth-order valence-electron chi connectivity index (χ4n) is 1.79. The zero-order valence-electron chi connectivity index (χ0n) is 10.7. The highest BCUT2D eigenvalue weighted by Gasteiger charge is 2.08. The molecule has 102 valence electrons. The van der Waals surface area contributed by atoms with Crippen LogP contribution in [0.15, 0.2) is 34.2 Å². The van der Waals surface area contributed by atoms with Gasteiger partial charge in [0, 0.05) is 17.3 Å². The molecule has 0 fully saturated rings. The minimum Gasteiger partial charge on any atom is -0.270 e. The number of aryl methyl sites for hydroxylation is 1. The van der Waals surface area contributed by atoms with Gasteiger partial charge in [-0.3, -0.25) is 4.57 Å². The topological polar surface area (TPSA) is 50.7 Å². The van der Waals surface area contributed by atoms with E-state index in [0.717, 1.165) is 34.3 Å². The fraction of sp³-hybridized carbons (Fsp3) is 0.385. The molecule has 0 unspecified atom stereocenters. The Hall–Kier alpha value is -1.20. The van der Waals surface area contributed by atoms with Gasteiger partial charge in [0.05, 0.1) is 0 Å². The highest BCUT2D eigenvalue weighted by Crippen LogP contribution is 2.20. The number of hydrogen-bond acceptors (Lipinski definition) is 3. The van der Waals surface area contributed by atoms with E-state index in [9.17, 15) is 4.79 Å². The van der Waals surface area contributed by atoms with Crippen molar-refractivity contribution in [1.29, 1.82) is 0 Å². The van der Waals surface area contributed by atoms with Gasteiger partial charge in [-0.15, -0.1) is 5.10 Å². The number of nitrogens with one attached hydrogen (secondary N) is 1. The lowest BCUT2D eigenvalue weighted by molar-refractivity contribution is 0.604. The molecule has 0 saturated carbocycles.